The monoisotopic (exact) mass is 231 g/mol. The summed E-state index contributed by atoms with van der Waals surface area (Å²) in [4.78, 5) is 0. The summed E-state index contributed by atoms with van der Waals surface area (Å²) < 4.78 is 0. The van der Waals surface area contributed by atoms with E-state index >= 15 is 0 Å². The summed E-state index contributed by atoms with van der Waals surface area (Å²) in [5.74, 6) is 0.426. The highest BCUT2D eigenvalue weighted by Crippen LogP contribution is 2.41. The summed E-state index contributed by atoms with van der Waals surface area (Å²) in [6.45, 7) is 0. The summed E-state index contributed by atoms with van der Waals surface area (Å²) in [6.07, 6.45) is 9.17. The maximum Gasteiger partial charge on any atom is 0.120 e. The second-order valence-corrected chi connectivity index (χ2v) is 5.71. The molecule has 0 atom stereocenters. The first-order chi connectivity index (χ1) is 8.19. The molecule has 1 aromatic carbocycles. The molecule has 0 aliphatic heterocycles. The molecule has 1 aromatic rings. The van der Waals surface area contributed by atoms with Crippen LogP contribution in [0.4, 0.5) is 0 Å². The zero-order chi connectivity index (χ0) is 11.9. The minimum absolute atomic E-state index is 0.278. The lowest BCUT2D eigenvalue weighted by Gasteiger charge is -2.34. The van der Waals surface area contributed by atoms with Crippen LogP contribution >= 0.6 is 0 Å². The van der Waals surface area contributed by atoms with Crippen LogP contribution in [0, 0.1) is 0 Å². The summed E-state index contributed by atoms with van der Waals surface area (Å²) in [7, 11) is 0. The fourth-order valence-electron chi connectivity index (χ4n) is 3.46. The normalized spacial score (nSPS) is 22.4. The standard InChI is InChI=1S/C15H21NO/c16-15(7-2-1-3-8-15)13-9-11-5-4-6-12(11)10-14(13)17/h9-10,17H,1-8,16H2. The SMILES string of the molecule is NC1(c2cc3c(cc2O)CCC3)CCCCC1. The van der Waals surface area contributed by atoms with Crippen molar-refractivity contribution >= 4 is 0 Å². The van der Waals surface area contributed by atoms with Gasteiger partial charge in [-0.15, -0.1) is 0 Å². The van der Waals surface area contributed by atoms with Crippen LogP contribution in [0.3, 0.4) is 0 Å². The molecule has 17 heavy (non-hydrogen) atoms. The molecule has 2 nitrogen and oxygen atoms in total. The highest BCUT2D eigenvalue weighted by atomic mass is 16.3. The van der Waals surface area contributed by atoms with E-state index in [4.69, 9.17) is 5.73 Å². The first-order valence-corrected chi connectivity index (χ1v) is 6.83. The number of aryl methyl sites for hydroxylation is 2. The van der Waals surface area contributed by atoms with Gasteiger partial charge >= 0.3 is 0 Å². The van der Waals surface area contributed by atoms with Crippen molar-refractivity contribution in [2.75, 3.05) is 0 Å². The molecule has 1 saturated carbocycles. The number of nitrogens with two attached hydrogens (primary N) is 1. The van der Waals surface area contributed by atoms with Gasteiger partial charge in [-0.05, 0) is 55.4 Å². The van der Waals surface area contributed by atoms with Gasteiger partial charge in [0.05, 0.1) is 0 Å². The Morgan fingerprint density at radius 2 is 1.59 bits per heavy atom. The average molecular weight is 231 g/mol. The van der Waals surface area contributed by atoms with Gasteiger partial charge in [-0.3, -0.25) is 0 Å². The van der Waals surface area contributed by atoms with Crippen LogP contribution in [0.1, 0.15) is 55.2 Å². The molecule has 0 bridgehead atoms. The molecule has 0 amide bonds. The number of hydrogen-bond acceptors (Lipinski definition) is 2. The van der Waals surface area contributed by atoms with Gasteiger partial charge in [0.2, 0.25) is 0 Å². The van der Waals surface area contributed by atoms with Crippen molar-refractivity contribution in [3.8, 4) is 5.75 Å². The van der Waals surface area contributed by atoms with Crippen molar-refractivity contribution in [1.82, 2.24) is 0 Å². The average Bonchev–Trinajstić information content (AvgIpc) is 2.76. The lowest BCUT2D eigenvalue weighted by Crippen LogP contribution is -2.38. The number of rotatable bonds is 1. The highest BCUT2D eigenvalue weighted by molar-refractivity contribution is 5.47. The van der Waals surface area contributed by atoms with Crippen LogP contribution in [-0.2, 0) is 18.4 Å². The van der Waals surface area contributed by atoms with E-state index in [2.05, 4.69) is 6.07 Å². The summed E-state index contributed by atoms with van der Waals surface area (Å²) in [5, 5.41) is 10.2. The molecule has 0 radical (unpaired) electrons. The van der Waals surface area contributed by atoms with Crippen LogP contribution in [0.5, 0.6) is 5.75 Å². The third-order valence-corrected chi connectivity index (χ3v) is 4.49. The van der Waals surface area contributed by atoms with Crippen molar-refractivity contribution in [2.45, 2.75) is 56.9 Å². The van der Waals surface area contributed by atoms with Crippen LogP contribution in [0.15, 0.2) is 12.1 Å². The number of phenolic OH excluding ortho intramolecular Hbond substituents is 1. The van der Waals surface area contributed by atoms with Gasteiger partial charge < -0.3 is 10.8 Å². The maximum absolute atomic E-state index is 10.2. The number of fused-ring (bicyclic) bond motifs is 1. The van der Waals surface area contributed by atoms with Gasteiger partial charge in [0.25, 0.3) is 0 Å². The molecule has 2 aliphatic carbocycles. The minimum atomic E-state index is -0.278. The van der Waals surface area contributed by atoms with Crippen molar-refractivity contribution in [3.63, 3.8) is 0 Å². The molecule has 0 aromatic heterocycles. The Labute approximate surface area is 103 Å². The summed E-state index contributed by atoms with van der Waals surface area (Å²) in [6, 6.07) is 4.14. The predicted octanol–water partition coefficient (Wildman–Crippen LogP) is 3.00. The van der Waals surface area contributed by atoms with Gasteiger partial charge in [-0.2, -0.15) is 0 Å². The smallest absolute Gasteiger partial charge is 0.120 e. The van der Waals surface area contributed by atoms with E-state index in [1.807, 2.05) is 6.07 Å². The highest BCUT2D eigenvalue weighted by Gasteiger charge is 2.32. The molecule has 3 rings (SSSR count). The Balaban J connectivity index is 2.02. The topological polar surface area (TPSA) is 46.2 Å². The maximum atomic E-state index is 10.2. The van der Waals surface area contributed by atoms with Gasteiger partial charge in [0.15, 0.2) is 0 Å². The second-order valence-electron chi connectivity index (χ2n) is 5.71. The molecule has 1 fully saturated rings. The van der Waals surface area contributed by atoms with Gasteiger partial charge in [-0.1, -0.05) is 19.3 Å². The first-order valence-electron chi connectivity index (χ1n) is 6.83. The fourth-order valence-corrected chi connectivity index (χ4v) is 3.46. The lowest BCUT2D eigenvalue weighted by molar-refractivity contribution is 0.292. The summed E-state index contributed by atoms with van der Waals surface area (Å²) in [5.41, 5.74) is 9.97. The fraction of sp³-hybridized carbons (Fsp3) is 0.600. The Kier molecular flexibility index (Phi) is 2.62. The van der Waals surface area contributed by atoms with Crippen LogP contribution in [0.25, 0.3) is 0 Å². The van der Waals surface area contributed by atoms with Gasteiger partial charge in [-0.25, -0.2) is 0 Å². The Hall–Kier alpha value is -1.02. The zero-order valence-electron chi connectivity index (χ0n) is 10.3. The van der Waals surface area contributed by atoms with Crippen LogP contribution < -0.4 is 5.73 Å². The van der Waals surface area contributed by atoms with Crippen molar-refractivity contribution in [3.05, 3.63) is 28.8 Å². The molecule has 0 unspecified atom stereocenters. The number of phenols is 1. The van der Waals surface area contributed by atoms with Crippen molar-refractivity contribution in [2.24, 2.45) is 5.73 Å². The zero-order valence-corrected chi connectivity index (χ0v) is 10.3. The van der Waals surface area contributed by atoms with Gasteiger partial charge in [0, 0.05) is 11.1 Å². The number of aromatic hydroxyl groups is 1. The van der Waals surface area contributed by atoms with E-state index in [0.29, 0.717) is 5.75 Å². The Bertz CT molecular complexity index is 433. The quantitative estimate of drug-likeness (QED) is 0.780. The molecule has 0 heterocycles. The molecule has 0 spiro atoms. The summed E-state index contributed by atoms with van der Waals surface area (Å²) >= 11 is 0. The van der Waals surface area contributed by atoms with Crippen LogP contribution in [0.2, 0.25) is 0 Å². The van der Waals surface area contributed by atoms with Gasteiger partial charge in [0.1, 0.15) is 5.75 Å². The molecule has 92 valence electrons. The van der Waals surface area contributed by atoms with E-state index in [9.17, 15) is 5.11 Å². The Morgan fingerprint density at radius 1 is 0.941 bits per heavy atom. The van der Waals surface area contributed by atoms with E-state index in [1.54, 1.807) is 0 Å². The number of hydrogen-bond donors (Lipinski definition) is 2. The molecular weight excluding hydrogens is 210 g/mol. The lowest BCUT2D eigenvalue weighted by atomic mass is 9.76. The molecule has 0 saturated heterocycles. The second kappa shape index (κ2) is 4.02. The predicted molar refractivity (Wildman–Crippen MR) is 69.1 cm³/mol. The van der Waals surface area contributed by atoms with Crippen molar-refractivity contribution < 1.29 is 5.11 Å². The van der Waals surface area contributed by atoms with Crippen molar-refractivity contribution in [1.29, 1.82) is 0 Å². The molecule has 2 heteroatoms. The molecule has 2 aliphatic rings. The largest absolute Gasteiger partial charge is 0.508 e. The molecule has 3 N–H and O–H groups in total. The Morgan fingerprint density at radius 3 is 2.29 bits per heavy atom. The van der Waals surface area contributed by atoms with Crippen LogP contribution in [-0.4, -0.2) is 5.11 Å². The van der Waals surface area contributed by atoms with E-state index in [1.165, 1.54) is 36.8 Å². The third kappa shape index (κ3) is 1.85. The molecular formula is C15H21NO. The van der Waals surface area contributed by atoms with E-state index in [-0.39, 0.29) is 5.54 Å². The van der Waals surface area contributed by atoms with E-state index in [0.717, 1.165) is 31.2 Å². The number of benzene rings is 1. The first kappa shape index (κ1) is 11.1. The third-order valence-electron chi connectivity index (χ3n) is 4.49. The van der Waals surface area contributed by atoms with E-state index < -0.39 is 0 Å². The minimum Gasteiger partial charge on any atom is -0.508 e.